The average Bonchev–Trinajstić information content (AvgIpc) is 2.72. The number of carbonyl (C=O) groups is 1. The number of nitrogens with two attached hydrogens (primary N) is 1. The van der Waals surface area contributed by atoms with E-state index in [4.69, 9.17) is 11.4 Å². The van der Waals surface area contributed by atoms with Crippen LogP contribution in [0.3, 0.4) is 0 Å². The highest BCUT2D eigenvalue weighted by molar-refractivity contribution is 6.07. The number of rotatable bonds is 3. The van der Waals surface area contributed by atoms with Gasteiger partial charge in [0.1, 0.15) is 12.0 Å². The van der Waals surface area contributed by atoms with E-state index in [-0.39, 0.29) is 17.2 Å². The van der Waals surface area contributed by atoms with Gasteiger partial charge in [-0.1, -0.05) is 5.22 Å². The highest BCUT2D eigenvalue weighted by atomic mass is 16.2. The number of nitrogen functional groups attached to an aromatic ring is 1. The molecule has 0 saturated heterocycles. The van der Waals surface area contributed by atoms with Crippen LogP contribution in [-0.2, 0) is 0 Å². The van der Waals surface area contributed by atoms with Crippen molar-refractivity contribution in [1.29, 1.82) is 5.53 Å². The van der Waals surface area contributed by atoms with Crippen LogP contribution in [0.5, 0.6) is 0 Å². The standard InChI is InChI=1S/C6H7N9O/c7-11-4-2-3(6(16)14-15-8)12-13-5(2)10-1-9-4/h1H,7H2,(H2,8,14,16)(H2,9,10,11,12,13). The van der Waals surface area contributed by atoms with Crippen LogP contribution in [0.1, 0.15) is 10.5 Å². The van der Waals surface area contributed by atoms with Gasteiger partial charge in [0.15, 0.2) is 11.5 Å². The molecular formula is C6H7N9O. The summed E-state index contributed by atoms with van der Waals surface area (Å²) in [6, 6.07) is 0. The summed E-state index contributed by atoms with van der Waals surface area (Å²) in [5, 5.41) is 9.37. The van der Waals surface area contributed by atoms with Crippen molar-refractivity contribution >= 4 is 22.8 Å². The molecule has 1 amide bonds. The molecule has 2 aromatic rings. The molecule has 0 aliphatic carbocycles. The Morgan fingerprint density at radius 2 is 2.38 bits per heavy atom. The number of hydrogen-bond donors (Lipinski definition) is 5. The number of fused-ring (bicyclic) bond motifs is 1. The van der Waals surface area contributed by atoms with E-state index >= 15 is 0 Å². The Hall–Kier alpha value is -2.62. The van der Waals surface area contributed by atoms with Gasteiger partial charge in [0.2, 0.25) is 0 Å². The van der Waals surface area contributed by atoms with E-state index in [1.54, 1.807) is 0 Å². The summed E-state index contributed by atoms with van der Waals surface area (Å²) in [5.41, 5.74) is 11.2. The van der Waals surface area contributed by atoms with E-state index in [1.807, 2.05) is 5.43 Å². The van der Waals surface area contributed by atoms with E-state index in [2.05, 4.69) is 30.8 Å². The maximum atomic E-state index is 11.5. The van der Waals surface area contributed by atoms with Crippen molar-refractivity contribution in [3.8, 4) is 0 Å². The van der Waals surface area contributed by atoms with Gasteiger partial charge >= 0.3 is 0 Å². The first kappa shape index (κ1) is 9.92. The van der Waals surface area contributed by atoms with Crippen molar-refractivity contribution in [3.63, 3.8) is 0 Å². The molecule has 0 radical (unpaired) electrons. The summed E-state index contributed by atoms with van der Waals surface area (Å²) in [5.74, 6) is 4.88. The molecule has 0 atom stereocenters. The van der Waals surface area contributed by atoms with Gasteiger partial charge in [-0.15, -0.1) is 0 Å². The fraction of sp³-hybridized carbons (Fsp3) is 0. The van der Waals surface area contributed by atoms with Gasteiger partial charge in [0.25, 0.3) is 5.91 Å². The number of hydrazine groups is 1. The lowest BCUT2D eigenvalue weighted by atomic mass is 10.3. The maximum absolute atomic E-state index is 11.5. The molecule has 0 saturated carbocycles. The first-order chi connectivity index (χ1) is 7.77. The van der Waals surface area contributed by atoms with Gasteiger partial charge in [0, 0.05) is 0 Å². The lowest BCUT2D eigenvalue weighted by Crippen LogP contribution is -2.18. The third kappa shape index (κ3) is 1.42. The van der Waals surface area contributed by atoms with Crippen LogP contribution < -0.4 is 16.7 Å². The fourth-order valence-electron chi connectivity index (χ4n) is 1.24. The van der Waals surface area contributed by atoms with E-state index < -0.39 is 5.91 Å². The van der Waals surface area contributed by atoms with Crippen LogP contribution in [-0.4, -0.2) is 26.1 Å². The Labute approximate surface area is 88.1 Å². The van der Waals surface area contributed by atoms with Crippen molar-refractivity contribution in [1.82, 2.24) is 25.6 Å². The molecule has 0 bridgehead atoms. The van der Waals surface area contributed by atoms with Crippen LogP contribution in [0, 0.1) is 5.53 Å². The Morgan fingerprint density at radius 3 is 3.06 bits per heavy atom. The molecule has 0 spiro atoms. The number of hydrogen-bond acceptors (Lipinski definition) is 8. The summed E-state index contributed by atoms with van der Waals surface area (Å²) < 4.78 is 0. The van der Waals surface area contributed by atoms with Gasteiger partial charge < -0.3 is 5.43 Å². The predicted molar refractivity (Wildman–Crippen MR) is 52.1 cm³/mol. The second-order valence-corrected chi connectivity index (χ2v) is 2.72. The molecule has 2 heterocycles. The minimum Gasteiger partial charge on any atom is -0.308 e. The van der Waals surface area contributed by atoms with Crippen LogP contribution in [0.2, 0.25) is 0 Å². The van der Waals surface area contributed by atoms with Gasteiger partial charge in [0.05, 0.1) is 5.39 Å². The molecule has 10 heteroatoms. The molecule has 16 heavy (non-hydrogen) atoms. The van der Waals surface area contributed by atoms with Crippen molar-refractivity contribution in [3.05, 3.63) is 12.0 Å². The van der Waals surface area contributed by atoms with Gasteiger partial charge in [-0.05, 0) is 0 Å². The Balaban J connectivity index is 2.62. The summed E-state index contributed by atoms with van der Waals surface area (Å²) in [4.78, 5) is 19.2. The third-order valence-corrected chi connectivity index (χ3v) is 1.87. The van der Waals surface area contributed by atoms with Crippen molar-refractivity contribution in [2.24, 2.45) is 11.1 Å². The zero-order chi connectivity index (χ0) is 11.5. The number of aromatic nitrogens is 4. The number of nitrogens with one attached hydrogen (secondary N) is 4. The molecule has 0 unspecified atom stereocenters. The number of H-pyrrole nitrogens is 1. The van der Waals surface area contributed by atoms with Crippen LogP contribution >= 0.6 is 0 Å². The van der Waals surface area contributed by atoms with Gasteiger partial charge in [-0.3, -0.25) is 9.89 Å². The van der Waals surface area contributed by atoms with Crippen LogP contribution in [0.15, 0.2) is 11.6 Å². The molecule has 0 aromatic carbocycles. The second kappa shape index (κ2) is 3.86. The minimum absolute atomic E-state index is 0.0829. The molecule has 82 valence electrons. The second-order valence-electron chi connectivity index (χ2n) is 2.72. The van der Waals surface area contributed by atoms with Gasteiger partial charge in [-0.2, -0.15) is 10.6 Å². The Bertz CT molecular complexity index is 546. The highest BCUT2D eigenvalue weighted by Crippen LogP contribution is 2.19. The normalized spacial score (nSPS) is 10.1. The maximum Gasteiger partial charge on any atom is 0.291 e. The largest absolute Gasteiger partial charge is 0.308 e. The topological polar surface area (TPSA) is 158 Å². The average molecular weight is 221 g/mol. The summed E-state index contributed by atoms with van der Waals surface area (Å²) in [7, 11) is 0. The van der Waals surface area contributed by atoms with Gasteiger partial charge in [-0.25, -0.2) is 21.2 Å². The minimum atomic E-state index is -0.621. The molecule has 0 aliphatic heterocycles. The summed E-state index contributed by atoms with van der Waals surface area (Å²) >= 11 is 0. The predicted octanol–water partition coefficient (Wildman–Crippen LogP) is -0.686. The highest BCUT2D eigenvalue weighted by Gasteiger charge is 2.17. The Morgan fingerprint density at radius 1 is 1.56 bits per heavy atom. The summed E-state index contributed by atoms with van der Waals surface area (Å²) in [6.45, 7) is 0. The number of amides is 1. The summed E-state index contributed by atoms with van der Waals surface area (Å²) in [6.07, 6.45) is 1.26. The molecule has 0 aliphatic rings. The Kier molecular flexibility index (Phi) is 2.39. The van der Waals surface area contributed by atoms with E-state index in [0.29, 0.717) is 5.39 Å². The SMILES string of the molecule is N=NNC(=O)c1[nH]nc2ncnc(NN)c12. The zero-order valence-electron chi connectivity index (χ0n) is 7.85. The third-order valence-electron chi connectivity index (χ3n) is 1.87. The van der Waals surface area contributed by atoms with E-state index in [9.17, 15) is 4.79 Å². The molecule has 2 aromatic heterocycles. The van der Waals surface area contributed by atoms with E-state index in [1.165, 1.54) is 6.33 Å². The quantitative estimate of drug-likeness (QED) is 0.262. The number of aromatic amines is 1. The number of anilines is 1. The molecule has 2 rings (SSSR count). The van der Waals surface area contributed by atoms with Crippen molar-refractivity contribution in [2.75, 3.05) is 5.43 Å². The molecular weight excluding hydrogens is 214 g/mol. The molecule has 10 nitrogen and oxygen atoms in total. The molecule has 0 fully saturated rings. The lowest BCUT2D eigenvalue weighted by molar-refractivity contribution is 0.0947. The lowest BCUT2D eigenvalue weighted by Gasteiger charge is -2.00. The monoisotopic (exact) mass is 221 g/mol. The number of carbonyl (C=O) groups excluding carboxylic acids is 1. The molecule has 6 N–H and O–H groups in total. The van der Waals surface area contributed by atoms with Crippen molar-refractivity contribution in [2.45, 2.75) is 0 Å². The number of nitrogens with zero attached hydrogens (tertiary/aromatic N) is 4. The zero-order valence-corrected chi connectivity index (χ0v) is 7.85. The van der Waals surface area contributed by atoms with Crippen molar-refractivity contribution < 1.29 is 4.79 Å². The first-order valence-corrected chi connectivity index (χ1v) is 4.10. The first-order valence-electron chi connectivity index (χ1n) is 4.10. The van der Waals surface area contributed by atoms with Crippen LogP contribution in [0.4, 0.5) is 5.82 Å². The fourth-order valence-corrected chi connectivity index (χ4v) is 1.24. The van der Waals surface area contributed by atoms with E-state index in [0.717, 1.165) is 0 Å². The smallest absolute Gasteiger partial charge is 0.291 e. The van der Waals surface area contributed by atoms with Crippen LogP contribution in [0.25, 0.3) is 11.0 Å².